The molecule has 8 heteroatoms. The van der Waals surface area contributed by atoms with Crippen molar-refractivity contribution in [1.82, 2.24) is 4.98 Å². The van der Waals surface area contributed by atoms with Gasteiger partial charge in [-0.1, -0.05) is 0 Å². The van der Waals surface area contributed by atoms with Gasteiger partial charge >= 0.3 is 0 Å². The first-order valence-electron chi connectivity index (χ1n) is 3.93. The van der Waals surface area contributed by atoms with Crippen molar-refractivity contribution in [2.24, 2.45) is 0 Å². The van der Waals surface area contributed by atoms with E-state index in [-0.39, 0.29) is 11.6 Å². The van der Waals surface area contributed by atoms with Crippen molar-refractivity contribution in [2.45, 2.75) is 12.3 Å². The van der Waals surface area contributed by atoms with Gasteiger partial charge in [-0.3, -0.25) is 15.1 Å². The van der Waals surface area contributed by atoms with E-state index < -0.39 is 28.2 Å². The van der Waals surface area contributed by atoms with Gasteiger partial charge in [-0.05, 0) is 0 Å². The Morgan fingerprint density at radius 3 is 2.69 bits per heavy atom. The molecule has 16 heavy (non-hydrogen) atoms. The fraction of sp³-hybridized carbons (Fsp3) is 0.250. The lowest BCUT2D eigenvalue weighted by atomic mass is 10.1. The Bertz CT molecular complexity index is 473. The third-order valence-electron chi connectivity index (χ3n) is 1.82. The number of alkyl halides is 3. The molecule has 5 nitrogen and oxygen atoms in total. The molecule has 0 aromatic carbocycles. The van der Waals surface area contributed by atoms with Crippen LogP contribution in [-0.2, 0) is 5.88 Å². The van der Waals surface area contributed by atoms with Crippen LogP contribution >= 0.6 is 11.6 Å². The molecule has 0 atom stereocenters. The number of nitriles is 1. The second kappa shape index (κ2) is 4.81. The lowest BCUT2D eigenvalue weighted by molar-refractivity contribution is -0.386. The molecule has 0 radical (unpaired) electrons. The molecule has 0 unspecified atom stereocenters. The van der Waals surface area contributed by atoms with Gasteiger partial charge in [0.2, 0.25) is 0 Å². The molecule has 1 aromatic heterocycles. The summed E-state index contributed by atoms with van der Waals surface area (Å²) in [5.41, 5.74) is -2.61. The molecule has 0 aliphatic heterocycles. The first-order valence-corrected chi connectivity index (χ1v) is 4.46. The number of pyridine rings is 1. The summed E-state index contributed by atoms with van der Waals surface area (Å²) in [6, 6.07) is 1.44. The number of rotatable bonds is 3. The molecule has 0 aliphatic rings. The Hall–Kier alpha value is -1.81. The summed E-state index contributed by atoms with van der Waals surface area (Å²) >= 11 is 5.35. The molecule has 1 rings (SSSR count). The van der Waals surface area contributed by atoms with Gasteiger partial charge in [0.15, 0.2) is 0 Å². The number of nitrogens with zero attached hydrogens (tertiary/aromatic N) is 3. The van der Waals surface area contributed by atoms with Crippen LogP contribution in [0, 0.1) is 21.4 Å². The van der Waals surface area contributed by atoms with E-state index in [1.165, 1.54) is 6.07 Å². The third-order valence-corrected chi connectivity index (χ3v) is 2.07. The predicted molar refractivity (Wildman–Crippen MR) is 50.1 cm³/mol. The minimum absolute atomic E-state index is 0.289. The van der Waals surface area contributed by atoms with Crippen molar-refractivity contribution in [3.8, 4) is 6.07 Å². The van der Waals surface area contributed by atoms with Crippen LogP contribution in [-0.4, -0.2) is 9.91 Å². The van der Waals surface area contributed by atoms with Crippen molar-refractivity contribution < 1.29 is 13.7 Å². The van der Waals surface area contributed by atoms with Crippen LogP contribution in [0.3, 0.4) is 0 Å². The minimum Gasteiger partial charge on any atom is -0.258 e. The maximum atomic E-state index is 12.6. The van der Waals surface area contributed by atoms with E-state index in [1.54, 1.807) is 0 Å². The van der Waals surface area contributed by atoms with Gasteiger partial charge in [-0.25, -0.2) is 8.78 Å². The molecule has 0 N–H and O–H groups in total. The molecule has 0 fully saturated rings. The van der Waals surface area contributed by atoms with E-state index in [2.05, 4.69) is 4.98 Å². The van der Waals surface area contributed by atoms with Crippen LogP contribution in [0.4, 0.5) is 14.5 Å². The Kier molecular flexibility index (Phi) is 3.68. The Morgan fingerprint density at radius 2 is 2.31 bits per heavy atom. The maximum Gasteiger partial charge on any atom is 0.299 e. The first kappa shape index (κ1) is 12.3. The van der Waals surface area contributed by atoms with Crippen molar-refractivity contribution >= 4 is 17.3 Å². The van der Waals surface area contributed by atoms with Crippen LogP contribution < -0.4 is 0 Å². The van der Waals surface area contributed by atoms with E-state index in [9.17, 15) is 18.9 Å². The normalized spacial score (nSPS) is 10.2. The highest BCUT2D eigenvalue weighted by molar-refractivity contribution is 6.17. The average Bonchev–Trinajstić information content (AvgIpc) is 2.26. The molecular weight excluding hydrogens is 244 g/mol. The summed E-state index contributed by atoms with van der Waals surface area (Å²) in [7, 11) is 0. The van der Waals surface area contributed by atoms with Crippen LogP contribution in [0.25, 0.3) is 0 Å². The fourth-order valence-electron chi connectivity index (χ4n) is 1.17. The second-order valence-corrected chi connectivity index (χ2v) is 2.95. The highest BCUT2D eigenvalue weighted by Gasteiger charge is 2.30. The Morgan fingerprint density at radius 1 is 1.69 bits per heavy atom. The Balaban J connectivity index is 3.61. The lowest BCUT2D eigenvalue weighted by Crippen LogP contribution is -2.05. The summed E-state index contributed by atoms with van der Waals surface area (Å²) in [4.78, 5) is 13.1. The zero-order valence-corrected chi connectivity index (χ0v) is 8.41. The summed E-state index contributed by atoms with van der Waals surface area (Å²) < 4.78 is 25.3. The summed E-state index contributed by atoms with van der Waals surface area (Å²) in [5.74, 6) is -0.383. The number of aromatic nitrogens is 1. The van der Waals surface area contributed by atoms with Crippen LogP contribution in [0.2, 0.25) is 0 Å². The second-order valence-electron chi connectivity index (χ2n) is 2.68. The average molecular weight is 248 g/mol. The molecule has 1 aromatic rings. The molecule has 0 bridgehead atoms. The van der Waals surface area contributed by atoms with Crippen LogP contribution in [0.5, 0.6) is 0 Å². The van der Waals surface area contributed by atoms with Gasteiger partial charge in [0, 0.05) is 0 Å². The van der Waals surface area contributed by atoms with Crippen LogP contribution in [0.15, 0.2) is 6.20 Å². The Labute approximate surface area is 93.4 Å². The van der Waals surface area contributed by atoms with E-state index in [0.29, 0.717) is 0 Å². The van der Waals surface area contributed by atoms with Gasteiger partial charge in [-0.2, -0.15) is 5.26 Å². The zero-order valence-electron chi connectivity index (χ0n) is 7.65. The van der Waals surface area contributed by atoms with E-state index >= 15 is 0 Å². The van der Waals surface area contributed by atoms with Crippen LogP contribution in [0.1, 0.15) is 23.2 Å². The smallest absolute Gasteiger partial charge is 0.258 e. The third kappa shape index (κ3) is 2.06. The van der Waals surface area contributed by atoms with Crippen molar-refractivity contribution in [3.05, 3.63) is 33.1 Å². The fourth-order valence-corrected chi connectivity index (χ4v) is 1.38. The standard InChI is InChI=1S/C8H4ClF2N3O2/c9-1-5-6(8(10)11)7(14(15)16)4(2-12)3-13-5/h3,8H,1H2. The molecule has 0 saturated carbocycles. The minimum atomic E-state index is -3.10. The van der Waals surface area contributed by atoms with Gasteiger partial charge < -0.3 is 0 Å². The largest absolute Gasteiger partial charge is 0.299 e. The number of nitro groups is 1. The van der Waals surface area contributed by atoms with E-state index in [0.717, 1.165) is 6.20 Å². The van der Waals surface area contributed by atoms with Gasteiger partial charge in [0.1, 0.15) is 17.2 Å². The molecule has 0 amide bonds. The molecule has 1 heterocycles. The summed E-state index contributed by atoms with van der Waals surface area (Å²) in [5, 5.41) is 19.2. The van der Waals surface area contributed by atoms with Crippen molar-refractivity contribution in [2.75, 3.05) is 0 Å². The molecule has 0 aliphatic carbocycles. The zero-order chi connectivity index (χ0) is 12.3. The number of hydrogen-bond acceptors (Lipinski definition) is 4. The first-order chi connectivity index (χ1) is 7.52. The van der Waals surface area contributed by atoms with Gasteiger partial charge in [0.05, 0.1) is 22.7 Å². The molecule has 84 valence electrons. The van der Waals surface area contributed by atoms with Crippen molar-refractivity contribution in [3.63, 3.8) is 0 Å². The van der Waals surface area contributed by atoms with Gasteiger partial charge in [0.25, 0.3) is 12.1 Å². The van der Waals surface area contributed by atoms with E-state index in [4.69, 9.17) is 16.9 Å². The number of hydrogen-bond donors (Lipinski definition) is 0. The summed E-state index contributed by atoms with van der Waals surface area (Å²) in [6.07, 6.45) is -2.24. The molecule has 0 spiro atoms. The van der Waals surface area contributed by atoms with Crippen molar-refractivity contribution in [1.29, 1.82) is 5.26 Å². The monoisotopic (exact) mass is 247 g/mol. The quantitative estimate of drug-likeness (QED) is 0.467. The highest BCUT2D eigenvalue weighted by Crippen LogP contribution is 2.34. The van der Waals surface area contributed by atoms with Gasteiger partial charge in [-0.15, -0.1) is 11.6 Å². The molecular formula is C8H4ClF2N3O2. The topological polar surface area (TPSA) is 79.8 Å². The SMILES string of the molecule is N#Cc1cnc(CCl)c(C(F)F)c1[N+](=O)[O-]. The summed E-state index contributed by atoms with van der Waals surface area (Å²) in [6.45, 7) is 0. The molecule has 0 saturated heterocycles. The maximum absolute atomic E-state index is 12.6. The predicted octanol–water partition coefficient (Wildman–Crippen LogP) is 2.54. The van der Waals surface area contributed by atoms with E-state index in [1.807, 2.05) is 0 Å². The highest BCUT2D eigenvalue weighted by atomic mass is 35.5. The number of halogens is 3. The lowest BCUT2D eigenvalue weighted by Gasteiger charge is -2.06.